The highest BCUT2D eigenvalue weighted by Crippen LogP contribution is 2.17. The molecule has 1 aromatic rings. The minimum atomic E-state index is -1.35. The molecule has 0 heterocycles. The molecule has 1 rings (SSSR count). The molecule has 0 atom stereocenters. The van der Waals surface area contributed by atoms with Crippen molar-refractivity contribution in [2.45, 2.75) is 33.4 Å². The monoisotopic (exact) mass is 204 g/mol. The van der Waals surface area contributed by atoms with E-state index in [9.17, 15) is 0 Å². The van der Waals surface area contributed by atoms with E-state index in [1.54, 1.807) is 5.20 Å². The summed E-state index contributed by atoms with van der Waals surface area (Å²) in [4.78, 5) is 0. The first-order valence-corrected chi connectivity index (χ1v) is 8.34. The van der Waals surface area contributed by atoms with Crippen LogP contribution in [0, 0.1) is 0 Å². The van der Waals surface area contributed by atoms with Crippen molar-refractivity contribution < 1.29 is 0 Å². The Hall–Kier alpha value is -0.823. The van der Waals surface area contributed by atoms with Crippen LogP contribution in [0.5, 0.6) is 0 Å². The third-order valence-corrected chi connectivity index (χ3v) is 7.05. The summed E-state index contributed by atoms with van der Waals surface area (Å²) in [5.41, 5.74) is 0. The van der Waals surface area contributed by atoms with Gasteiger partial charge in [-0.1, -0.05) is 66.8 Å². The summed E-state index contributed by atoms with van der Waals surface area (Å²) < 4.78 is 0. The quantitative estimate of drug-likeness (QED) is 0.661. The first kappa shape index (κ1) is 11.3. The molecular weight excluding hydrogens is 184 g/mol. The molecule has 14 heavy (non-hydrogen) atoms. The van der Waals surface area contributed by atoms with Crippen molar-refractivity contribution in [3.8, 4) is 0 Å². The van der Waals surface area contributed by atoms with Gasteiger partial charge in [0.05, 0.1) is 0 Å². The lowest BCUT2D eigenvalue weighted by atomic mass is 10.4. The predicted octanol–water partition coefficient (Wildman–Crippen LogP) is 3.50. The van der Waals surface area contributed by atoms with Crippen molar-refractivity contribution in [2.24, 2.45) is 0 Å². The van der Waals surface area contributed by atoms with E-state index in [1.807, 2.05) is 0 Å². The van der Waals surface area contributed by atoms with Gasteiger partial charge in [-0.2, -0.15) is 0 Å². The number of hydrogen-bond donors (Lipinski definition) is 0. The van der Waals surface area contributed by atoms with E-state index in [1.165, 1.54) is 11.6 Å². The number of rotatable bonds is 3. The Morgan fingerprint density at radius 3 is 2.21 bits per heavy atom. The maximum atomic E-state index is 2.43. The lowest BCUT2D eigenvalue weighted by Gasteiger charge is -2.25. The summed E-state index contributed by atoms with van der Waals surface area (Å²) in [6.45, 7) is 9.28. The van der Waals surface area contributed by atoms with Crippen LogP contribution in [0.15, 0.2) is 41.6 Å². The summed E-state index contributed by atoms with van der Waals surface area (Å²) in [5, 5.41) is 3.18. The van der Waals surface area contributed by atoms with Crippen molar-refractivity contribution in [3.05, 3.63) is 41.6 Å². The van der Waals surface area contributed by atoms with Crippen LogP contribution >= 0.6 is 0 Å². The second kappa shape index (κ2) is 4.60. The number of allylic oxidation sites excluding steroid dienone is 2. The zero-order valence-corrected chi connectivity index (χ0v) is 10.7. The van der Waals surface area contributed by atoms with Crippen molar-refractivity contribution in [1.82, 2.24) is 0 Å². The summed E-state index contributed by atoms with van der Waals surface area (Å²) in [7, 11) is -1.35. The molecule has 0 spiro atoms. The maximum absolute atomic E-state index is 2.43. The molecule has 0 fully saturated rings. The molecular formula is C13H20Si. The summed E-state index contributed by atoms with van der Waals surface area (Å²) in [5.74, 6) is 0. The Morgan fingerprint density at radius 1 is 1.21 bits per heavy atom. The van der Waals surface area contributed by atoms with Crippen molar-refractivity contribution in [2.75, 3.05) is 0 Å². The van der Waals surface area contributed by atoms with Crippen LogP contribution < -0.4 is 5.19 Å². The average molecular weight is 204 g/mol. The largest absolute Gasteiger partial charge is 0.107 e. The molecule has 76 valence electrons. The SMILES string of the molecule is C/C=C(\CC)[Si](C)(C)c1ccccc1. The lowest BCUT2D eigenvalue weighted by molar-refractivity contribution is 1.16. The van der Waals surface area contributed by atoms with Gasteiger partial charge in [0.15, 0.2) is 0 Å². The topological polar surface area (TPSA) is 0 Å². The Kier molecular flexibility index (Phi) is 3.70. The second-order valence-corrected chi connectivity index (χ2v) is 8.63. The Labute approximate surface area is 88.7 Å². The Balaban J connectivity index is 3.07. The first-order valence-electron chi connectivity index (χ1n) is 5.34. The van der Waals surface area contributed by atoms with Crippen molar-refractivity contribution >= 4 is 13.3 Å². The van der Waals surface area contributed by atoms with Crippen LogP contribution in [0.2, 0.25) is 13.1 Å². The molecule has 0 radical (unpaired) electrons. The molecule has 0 aliphatic rings. The van der Waals surface area contributed by atoms with Crippen molar-refractivity contribution in [3.63, 3.8) is 0 Å². The van der Waals surface area contributed by atoms with Gasteiger partial charge in [0.1, 0.15) is 8.07 Å². The highest BCUT2D eigenvalue weighted by atomic mass is 28.3. The molecule has 0 saturated heterocycles. The third-order valence-electron chi connectivity index (χ3n) is 3.03. The normalized spacial score (nSPS) is 13.0. The van der Waals surface area contributed by atoms with Crippen LogP contribution in [0.1, 0.15) is 20.3 Å². The fraction of sp³-hybridized carbons (Fsp3) is 0.385. The third kappa shape index (κ3) is 2.15. The summed E-state index contributed by atoms with van der Waals surface area (Å²) in [6.07, 6.45) is 3.49. The lowest BCUT2D eigenvalue weighted by Crippen LogP contribution is -2.43. The van der Waals surface area contributed by atoms with E-state index >= 15 is 0 Å². The van der Waals surface area contributed by atoms with Crippen LogP contribution in [0.25, 0.3) is 0 Å². The van der Waals surface area contributed by atoms with Gasteiger partial charge < -0.3 is 0 Å². The van der Waals surface area contributed by atoms with Gasteiger partial charge >= 0.3 is 0 Å². The molecule has 0 saturated carbocycles. The van der Waals surface area contributed by atoms with Gasteiger partial charge in [0, 0.05) is 0 Å². The molecule has 0 aliphatic carbocycles. The van der Waals surface area contributed by atoms with Crippen molar-refractivity contribution in [1.29, 1.82) is 0 Å². The highest BCUT2D eigenvalue weighted by Gasteiger charge is 2.25. The van der Waals surface area contributed by atoms with Crippen LogP contribution in [0.3, 0.4) is 0 Å². The minimum absolute atomic E-state index is 1.19. The van der Waals surface area contributed by atoms with Gasteiger partial charge in [-0.05, 0) is 13.3 Å². The molecule has 0 nitrogen and oxygen atoms in total. The molecule has 1 heteroatoms. The fourth-order valence-electron chi connectivity index (χ4n) is 2.05. The van der Waals surface area contributed by atoms with Gasteiger partial charge in [0.2, 0.25) is 0 Å². The Bertz CT molecular complexity index is 309. The van der Waals surface area contributed by atoms with E-state index in [-0.39, 0.29) is 0 Å². The average Bonchev–Trinajstić information content (AvgIpc) is 2.20. The van der Waals surface area contributed by atoms with E-state index in [2.05, 4.69) is 63.3 Å². The molecule has 1 aromatic carbocycles. The van der Waals surface area contributed by atoms with E-state index in [0.717, 1.165) is 0 Å². The predicted molar refractivity (Wildman–Crippen MR) is 67.6 cm³/mol. The van der Waals surface area contributed by atoms with Crippen LogP contribution in [-0.4, -0.2) is 8.07 Å². The molecule has 0 aliphatic heterocycles. The Morgan fingerprint density at radius 2 is 1.79 bits per heavy atom. The molecule has 0 bridgehead atoms. The maximum Gasteiger partial charge on any atom is 0.107 e. The van der Waals surface area contributed by atoms with Gasteiger partial charge in [-0.15, -0.1) is 0 Å². The van der Waals surface area contributed by atoms with Crippen LogP contribution in [0.4, 0.5) is 0 Å². The smallest absolute Gasteiger partial charge is 0.0920 e. The number of hydrogen-bond acceptors (Lipinski definition) is 0. The van der Waals surface area contributed by atoms with E-state index in [4.69, 9.17) is 0 Å². The van der Waals surface area contributed by atoms with Gasteiger partial charge in [-0.3, -0.25) is 0 Å². The van der Waals surface area contributed by atoms with E-state index < -0.39 is 8.07 Å². The van der Waals surface area contributed by atoms with Crippen LogP contribution in [-0.2, 0) is 0 Å². The second-order valence-electron chi connectivity index (χ2n) is 4.16. The fourth-order valence-corrected chi connectivity index (χ4v) is 5.05. The zero-order chi connectivity index (χ0) is 10.6. The zero-order valence-electron chi connectivity index (χ0n) is 9.67. The summed E-state index contributed by atoms with van der Waals surface area (Å²) in [6, 6.07) is 10.9. The minimum Gasteiger partial charge on any atom is -0.0920 e. The van der Waals surface area contributed by atoms with E-state index in [0.29, 0.717) is 0 Å². The van der Waals surface area contributed by atoms with Gasteiger partial charge in [-0.25, -0.2) is 0 Å². The molecule has 0 amide bonds. The molecule has 0 N–H and O–H groups in total. The molecule has 0 aromatic heterocycles. The summed E-state index contributed by atoms with van der Waals surface area (Å²) >= 11 is 0. The molecule has 0 unspecified atom stereocenters. The standard InChI is InChI=1S/C13H20Si/c1-5-12(6-2)14(3,4)13-10-8-7-9-11-13/h5,7-11H,6H2,1-4H3/b12-5+. The first-order chi connectivity index (χ1) is 6.62. The highest BCUT2D eigenvalue weighted by molar-refractivity contribution is 6.95. The van der Waals surface area contributed by atoms with Gasteiger partial charge in [0.25, 0.3) is 0 Å². The number of benzene rings is 1.